The summed E-state index contributed by atoms with van der Waals surface area (Å²) in [5, 5.41) is 0. The summed E-state index contributed by atoms with van der Waals surface area (Å²) in [6.07, 6.45) is -3.40. The summed E-state index contributed by atoms with van der Waals surface area (Å²) in [6.45, 7) is 3.43. The number of hydrogen-bond donors (Lipinski definition) is 0. The van der Waals surface area contributed by atoms with Crippen molar-refractivity contribution in [3.63, 3.8) is 0 Å². The minimum Gasteiger partial charge on any atom is -0.291 e. The summed E-state index contributed by atoms with van der Waals surface area (Å²) in [4.78, 5) is 12.4. The summed E-state index contributed by atoms with van der Waals surface area (Å²) in [5.41, 5.74) is -0.874. The maximum atomic E-state index is 12.6. The van der Waals surface area contributed by atoms with Gasteiger partial charge in [0, 0.05) is 16.5 Å². The van der Waals surface area contributed by atoms with E-state index in [0.29, 0.717) is 6.42 Å². The van der Waals surface area contributed by atoms with E-state index in [1.807, 2.05) is 0 Å². The predicted molar refractivity (Wildman–Crippen MR) is 71.5 cm³/mol. The van der Waals surface area contributed by atoms with E-state index in [1.54, 1.807) is 12.1 Å². The van der Waals surface area contributed by atoms with E-state index in [0.717, 1.165) is 10.0 Å². The first-order chi connectivity index (χ1) is 9.27. The van der Waals surface area contributed by atoms with Crippen molar-refractivity contribution < 1.29 is 22.7 Å². The fourth-order valence-electron chi connectivity index (χ4n) is 2.47. The molecule has 1 aliphatic carbocycles. The normalized spacial score (nSPS) is 22.5. The van der Waals surface area contributed by atoms with Gasteiger partial charge in [0.2, 0.25) is 0 Å². The van der Waals surface area contributed by atoms with E-state index in [-0.39, 0.29) is 18.4 Å². The fourth-order valence-corrected chi connectivity index (χ4v) is 2.88. The molecule has 0 saturated heterocycles. The number of carbonyl (C=O) groups excluding carboxylic acids is 1. The largest absolute Gasteiger partial charge is 0.523 e. The van der Waals surface area contributed by atoms with Crippen molar-refractivity contribution in [1.82, 2.24) is 0 Å². The number of benzene rings is 1. The number of ketones is 1. The van der Waals surface area contributed by atoms with Crippen molar-refractivity contribution in [3.8, 4) is 0 Å². The molecular weight excluding hydrogens is 337 g/mol. The van der Waals surface area contributed by atoms with E-state index in [9.17, 15) is 18.0 Å². The van der Waals surface area contributed by atoms with Crippen molar-refractivity contribution in [2.45, 2.75) is 31.2 Å². The molecule has 0 heterocycles. The molecule has 0 aliphatic heterocycles. The zero-order valence-electron chi connectivity index (χ0n) is 10.5. The van der Waals surface area contributed by atoms with E-state index < -0.39 is 17.7 Å². The van der Waals surface area contributed by atoms with Crippen LogP contribution in [0.1, 0.15) is 28.8 Å². The Balaban J connectivity index is 2.43. The molecule has 2 nitrogen and oxygen atoms in total. The fraction of sp³-hybridized carbons (Fsp3) is 0.357. The number of hydrogen-bond acceptors (Lipinski definition) is 2. The Kier molecular flexibility index (Phi) is 4.07. The van der Waals surface area contributed by atoms with Crippen molar-refractivity contribution in [1.29, 1.82) is 0 Å². The molecule has 0 N–H and O–H groups in total. The maximum Gasteiger partial charge on any atom is 0.523 e. The molecule has 6 heteroatoms. The topological polar surface area (TPSA) is 26.3 Å². The Labute approximate surface area is 122 Å². The molecule has 1 atom stereocenters. The molecule has 2 rings (SSSR count). The molecule has 108 valence electrons. The first-order valence-corrected chi connectivity index (χ1v) is 6.78. The molecule has 0 amide bonds. The second-order valence-corrected chi connectivity index (χ2v) is 5.58. The van der Waals surface area contributed by atoms with Gasteiger partial charge >= 0.3 is 6.36 Å². The van der Waals surface area contributed by atoms with E-state index in [4.69, 9.17) is 0 Å². The van der Waals surface area contributed by atoms with E-state index >= 15 is 0 Å². The molecule has 0 fully saturated rings. The Morgan fingerprint density at radius 2 is 2.15 bits per heavy atom. The SMILES string of the molecule is C=CCC1(OC(F)(F)F)CCc2cc(Br)ccc2C1=O. The molecule has 1 aromatic carbocycles. The highest BCUT2D eigenvalue weighted by molar-refractivity contribution is 9.10. The Hall–Kier alpha value is -1.14. The second kappa shape index (κ2) is 5.33. The first kappa shape index (κ1) is 15.3. The van der Waals surface area contributed by atoms with Gasteiger partial charge in [-0.2, -0.15) is 0 Å². The van der Waals surface area contributed by atoms with Gasteiger partial charge in [0.25, 0.3) is 0 Å². The molecule has 0 spiro atoms. The molecule has 0 aromatic heterocycles. The number of halogens is 4. The van der Waals surface area contributed by atoms with Gasteiger partial charge in [-0.15, -0.1) is 19.8 Å². The second-order valence-electron chi connectivity index (χ2n) is 4.67. The van der Waals surface area contributed by atoms with Gasteiger partial charge in [0.15, 0.2) is 5.78 Å². The highest BCUT2D eigenvalue weighted by Gasteiger charge is 2.50. The molecule has 1 aliphatic rings. The number of alkyl halides is 3. The lowest BCUT2D eigenvalue weighted by atomic mass is 9.77. The molecule has 1 aromatic rings. The Bertz CT molecular complexity index is 554. The third-order valence-electron chi connectivity index (χ3n) is 3.31. The van der Waals surface area contributed by atoms with Gasteiger partial charge < -0.3 is 0 Å². The van der Waals surface area contributed by atoms with Crippen LogP contribution in [0.5, 0.6) is 0 Å². The van der Waals surface area contributed by atoms with Crippen LogP contribution in [0.4, 0.5) is 13.2 Å². The molecule has 0 bridgehead atoms. The molecule has 20 heavy (non-hydrogen) atoms. The average Bonchev–Trinajstić information content (AvgIpc) is 2.32. The van der Waals surface area contributed by atoms with Crippen LogP contribution >= 0.6 is 15.9 Å². The van der Waals surface area contributed by atoms with Gasteiger partial charge in [0.1, 0.15) is 5.60 Å². The quantitative estimate of drug-likeness (QED) is 0.755. The van der Waals surface area contributed by atoms with Crippen LogP contribution in [0.25, 0.3) is 0 Å². The first-order valence-electron chi connectivity index (χ1n) is 5.98. The smallest absolute Gasteiger partial charge is 0.291 e. The molecule has 0 saturated carbocycles. The van der Waals surface area contributed by atoms with Crippen LogP contribution in [0.2, 0.25) is 0 Å². The van der Waals surface area contributed by atoms with Crippen LogP contribution in [0, 0.1) is 0 Å². The third kappa shape index (κ3) is 2.96. The highest BCUT2D eigenvalue weighted by Crippen LogP contribution is 2.39. The number of Topliss-reactive ketones (excluding diaryl/α,β-unsaturated/α-hetero) is 1. The van der Waals surface area contributed by atoms with Crippen LogP contribution in [-0.4, -0.2) is 17.7 Å². The van der Waals surface area contributed by atoms with Crippen LogP contribution in [0.15, 0.2) is 35.3 Å². The van der Waals surface area contributed by atoms with Gasteiger partial charge in [-0.05, 0) is 36.6 Å². The average molecular weight is 349 g/mol. The van der Waals surface area contributed by atoms with Gasteiger partial charge in [-0.3, -0.25) is 9.53 Å². The zero-order chi connectivity index (χ0) is 15.0. The summed E-state index contributed by atoms with van der Waals surface area (Å²) >= 11 is 3.28. The number of aryl methyl sites for hydroxylation is 1. The standard InChI is InChI=1S/C14H12BrF3O2/c1-2-6-13(20-14(16,17)18)7-5-9-8-10(15)3-4-11(9)12(13)19/h2-4,8H,1,5-7H2. The van der Waals surface area contributed by atoms with Crippen molar-refractivity contribution in [2.75, 3.05) is 0 Å². The summed E-state index contributed by atoms with van der Waals surface area (Å²) < 4.78 is 42.8. The van der Waals surface area contributed by atoms with Gasteiger partial charge in [0.05, 0.1) is 0 Å². The lowest BCUT2D eigenvalue weighted by Gasteiger charge is -2.36. The summed E-state index contributed by atoms with van der Waals surface area (Å²) in [5.74, 6) is -0.636. The lowest BCUT2D eigenvalue weighted by Crippen LogP contribution is -2.48. The maximum absolute atomic E-state index is 12.6. The number of ether oxygens (including phenoxy) is 1. The lowest BCUT2D eigenvalue weighted by molar-refractivity contribution is -0.357. The monoisotopic (exact) mass is 348 g/mol. The number of fused-ring (bicyclic) bond motifs is 1. The van der Waals surface area contributed by atoms with Gasteiger partial charge in [-0.25, -0.2) is 0 Å². The number of rotatable bonds is 3. The predicted octanol–water partition coefficient (Wildman–Crippen LogP) is 4.43. The Morgan fingerprint density at radius 3 is 2.75 bits per heavy atom. The van der Waals surface area contributed by atoms with Crippen molar-refractivity contribution in [2.24, 2.45) is 0 Å². The van der Waals surface area contributed by atoms with Crippen molar-refractivity contribution in [3.05, 3.63) is 46.5 Å². The summed E-state index contributed by atoms with van der Waals surface area (Å²) in [6, 6.07) is 4.91. The Morgan fingerprint density at radius 1 is 1.45 bits per heavy atom. The molecule has 0 radical (unpaired) electrons. The summed E-state index contributed by atoms with van der Waals surface area (Å²) in [7, 11) is 0. The highest BCUT2D eigenvalue weighted by atomic mass is 79.9. The number of carbonyl (C=O) groups is 1. The minimum absolute atomic E-state index is 0.0131. The molecule has 1 unspecified atom stereocenters. The van der Waals surface area contributed by atoms with Crippen LogP contribution in [0.3, 0.4) is 0 Å². The van der Waals surface area contributed by atoms with Crippen molar-refractivity contribution >= 4 is 21.7 Å². The zero-order valence-corrected chi connectivity index (χ0v) is 12.1. The van der Waals surface area contributed by atoms with Gasteiger partial charge in [-0.1, -0.05) is 22.0 Å². The molecular formula is C14H12BrF3O2. The van der Waals surface area contributed by atoms with Crippen LogP contribution < -0.4 is 0 Å². The van der Waals surface area contributed by atoms with E-state index in [1.165, 1.54) is 12.1 Å². The minimum atomic E-state index is -4.86. The third-order valence-corrected chi connectivity index (χ3v) is 3.80. The van der Waals surface area contributed by atoms with E-state index in [2.05, 4.69) is 27.2 Å². The van der Waals surface area contributed by atoms with Crippen LogP contribution in [-0.2, 0) is 11.2 Å².